The quantitative estimate of drug-likeness (QED) is 0.210. The predicted octanol–water partition coefficient (Wildman–Crippen LogP) is 11.9. The first-order valence-corrected chi connectivity index (χ1v) is 15.3. The van der Waals surface area contributed by atoms with Crippen LogP contribution in [0.2, 0.25) is 0 Å². The first-order valence-electron chi connectivity index (χ1n) is 15.3. The van der Waals surface area contributed by atoms with Crippen LogP contribution in [0.1, 0.15) is 0 Å². The van der Waals surface area contributed by atoms with E-state index in [4.69, 9.17) is 8.83 Å². The fraction of sp³-hybridized carbons (Fsp3) is 0. The summed E-state index contributed by atoms with van der Waals surface area (Å²) in [4.78, 5) is 0. The second kappa shape index (κ2) is 9.22. The highest BCUT2D eigenvalue weighted by Crippen LogP contribution is 2.42. The summed E-state index contributed by atoms with van der Waals surface area (Å²) in [6, 6.07) is 53.5. The Bertz CT molecular complexity index is 2740. The van der Waals surface area contributed by atoms with Crippen LogP contribution in [0.4, 0.5) is 0 Å². The summed E-state index contributed by atoms with van der Waals surface area (Å²) in [5, 5.41) is 6.99. The maximum Gasteiger partial charge on any atom is 0.161 e. The molecule has 210 valence electrons. The van der Waals surface area contributed by atoms with Crippen molar-refractivity contribution in [3.63, 3.8) is 0 Å². The molecule has 10 aromatic rings. The molecule has 0 saturated heterocycles. The van der Waals surface area contributed by atoms with E-state index >= 15 is 0 Å². The molecule has 0 aliphatic rings. The van der Waals surface area contributed by atoms with Gasteiger partial charge in [-0.2, -0.15) is 0 Å². The van der Waals surface area contributed by atoms with E-state index in [9.17, 15) is 0 Å². The Morgan fingerprint density at radius 2 is 1.16 bits per heavy atom. The SMILES string of the molecule is c1ccc(-n2c3ccccc3c3oc4c(-c5ccc(-c6ccc7c(c6)oc6ccc8ccccc8c67)cc5)cccc4c32)cc1. The molecule has 3 aromatic heterocycles. The monoisotopic (exact) mass is 575 g/mol. The van der Waals surface area contributed by atoms with Gasteiger partial charge in [-0.3, -0.25) is 0 Å². The number of benzene rings is 7. The molecule has 7 aromatic carbocycles. The zero-order chi connectivity index (χ0) is 29.5. The van der Waals surface area contributed by atoms with Crippen LogP contribution in [-0.4, -0.2) is 4.57 Å². The van der Waals surface area contributed by atoms with Gasteiger partial charge in [0.1, 0.15) is 22.3 Å². The molecule has 3 heteroatoms. The average Bonchev–Trinajstić information content (AvgIpc) is 3.77. The van der Waals surface area contributed by atoms with Crippen molar-refractivity contribution in [2.45, 2.75) is 0 Å². The Morgan fingerprint density at radius 1 is 0.422 bits per heavy atom. The predicted molar refractivity (Wildman–Crippen MR) is 186 cm³/mol. The second-order valence-electron chi connectivity index (χ2n) is 11.7. The third-order valence-corrected chi connectivity index (χ3v) is 9.21. The summed E-state index contributed by atoms with van der Waals surface area (Å²) >= 11 is 0. The Kier molecular flexibility index (Phi) is 5.00. The van der Waals surface area contributed by atoms with Gasteiger partial charge in [-0.05, 0) is 76.0 Å². The van der Waals surface area contributed by atoms with Crippen molar-refractivity contribution < 1.29 is 8.83 Å². The van der Waals surface area contributed by atoms with Crippen molar-refractivity contribution in [3.05, 3.63) is 152 Å². The molecule has 45 heavy (non-hydrogen) atoms. The van der Waals surface area contributed by atoms with Gasteiger partial charge in [0.05, 0.1) is 5.52 Å². The minimum Gasteiger partial charge on any atom is -0.456 e. The summed E-state index contributed by atoms with van der Waals surface area (Å²) < 4.78 is 15.4. The molecule has 10 rings (SSSR count). The Morgan fingerprint density at radius 3 is 2.04 bits per heavy atom. The second-order valence-corrected chi connectivity index (χ2v) is 11.7. The van der Waals surface area contributed by atoms with Crippen LogP contribution in [-0.2, 0) is 0 Å². The van der Waals surface area contributed by atoms with Crippen LogP contribution in [0, 0.1) is 0 Å². The molecule has 0 N–H and O–H groups in total. The molecule has 0 bridgehead atoms. The molecular formula is C42H25NO2. The molecule has 0 unspecified atom stereocenters. The van der Waals surface area contributed by atoms with E-state index in [1.54, 1.807) is 0 Å². The number of hydrogen-bond donors (Lipinski definition) is 0. The third kappa shape index (κ3) is 3.52. The molecule has 3 heterocycles. The van der Waals surface area contributed by atoms with Crippen molar-refractivity contribution in [1.82, 2.24) is 4.57 Å². The third-order valence-electron chi connectivity index (χ3n) is 9.21. The van der Waals surface area contributed by atoms with E-state index in [1.807, 2.05) is 0 Å². The van der Waals surface area contributed by atoms with E-state index in [2.05, 4.69) is 156 Å². The molecule has 0 spiro atoms. The molecule has 3 nitrogen and oxygen atoms in total. The van der Waals surface area contributed by atoms with E-state index in [0.717, 1.165) is 77.5 Å². The first-order chi connectivity index (χ1) is 22.3. The number of fused-ring (bicyclic) bond motifs is 10. The van der Waals surface area contributed by atoms with Gasteiger partial charge in [0.15, 0.2) is 5.58 Å². The van der Waals surface area contributed by atoms with Crippen LogP contribution in [0.3, 0.4) is 0 Å². The van der Waals surface area contributed by atoms with Crippen LogP contribution in [0.25, 0.3) is 93.6 Å². The van der Waals surface area contributed by atoms with Crippen LogP contribution in [0.5, 0.6) is 0 Å². The van der Waals surface area contributed by atoms with E-state index < -0.39 is 0 Å². The topological polar surface area (TPSA) is 31.2 Å². The van der Waals surface area contributed by atoms with E-state index in [-0.39, 0.29) is 0 Å². The zero-order valence-electron chi connectivity index (χ0n) is 24.2. The highest BCUT2D eigenvalue weighted by atomic mass is 16.3. The summed E-state index contributed by atoms with van der Waals surface area (Å²) in [6.07, 6.45) is 0. The number of aromatic nitrogens is 1. The van der Waals surface area contributed by atoms with Crippen molar-refractivity contribution in [1.29, 1.82) is 0 Å². The van der Waals surface area contributed by atoms with Crippen LogP contribution < -0.4 is 0 Å². The zero-order valence-corrected chi connectivity index (χ0v) is 24.2. The molecule has 0 saturated carbocycles. The number of nitrogens with zero attached hydrogens (tertiary/aromatic N) is 1. The smallest absolute Gasteiger partial charge is 0.161 e. The first kappa shape index (κ1) is 24.4. The van der Waals surface area contributed by atoms with Crippen molar-refractivity contribution >= 4 is 65.7 Å². The normalized spacial score (nSPS) is 12.0. The Hall–Kier alpha value is -6.06. The van der Waals surface area contributed by atoms with Gasteiger partial charge in [0, 0.05) is 32.8 Å². The summed E-state index contributed by atoms with van der Waals surface area (Å²) in [6.45, 7) is 0. The Labute approximate surface area is 258 Å². The average molecular weight is 576 g/mol. The largest absolute Gasteiger partial charge is 0.456 e. The van der Waals surface area contributed by atoms with Gasteiger partial charge in [-0.25, -0.2) is 0 Å². The molecular weight excluding hydrogens is 550 g/mol. The van der Waals surface area contributed by atoms with Gasteiger partial charge in [0.25, 0.3) is 0 Å². The molecule has 0 amide bonds. The molecule has 0 aliphatic heterocycles. The maximum atomic E-state index is 6.74. The summed E-state index contributed by atoms with van der Waals surface area (Å²) in [5.74, 6) is 0. The van der Waals surface area contributed by atoms with Gasteiger partial charge in [-0.1, -0.05) is 103 Å². The lowest BCUT2D eigenvalue weighted by atomic mass is 9.98. The minimum atomic E-state index is 0.904. The van der Waals surface area contributed by atoms with Gasteiger partial charge in [-0.15, -0.1) is 0 Å². The fourth-order valence-electron chi connectivity index (χ4n) is 7.13. The van der Waals surface area contributed by atoms with Gasteiger partial charge in [0.2, 0.25) is 0 Å². The number of hydrogen-bond acceptors (Lipinski definition) is 2. The Balaban J connectivity index is 1.09. The molecule has 0 aliphatic carbocycles. The van der Waals surface area contributed by atoms with Crippen LogP contribution in [0.15, 0.2) is 160 Å². The van der Waals surface area contributed by atoms with Gasteiger partial charge >= 0.3 is 0 Å². The van der Waals surface area contributed by atoms with Crippen molar-refractivity contribution in [2.24, 2.45) is 0 Å². The fourth-order valence-corrected chi connectivity index (χ4v) is 7.13. The molecule has 0 fully saturated rings. The lowest BCUT2D eigenvalue weighted by molar-refractivity contribution is 0.669. The van der Waals surface area contributed by atoms with Crippen molar-refractivity contribution in [2.75, 3.05) is 0 Å². The minimum absolute atomic E-state index is 0.904. The lowest BCUT2D eigenvalue weighted by Crippen LogP contribution is -1.92. The number of para-hydroxylation sites is 3. The molecule has 0 atom stereocenters. The number of rotatable bonds is 3. The summed E-state index contributed by atoms with van der Waals surface area (Å²) in [5.41, 5.74) is 11.5. The van der Waals surface area contributed by atoms with E-state index in [1.165, 1.54) is 16.2 Å². The van der Waals surface area contributed by atoms with Crippen LogP contribution >= 0.6 is 0 Å². The maximum absolute atomic E-state index is 6.74. The highest BCUT2D eigenvalue weighted by Gasteiger charge is 2.21. The number of furan rings is 2. The van der Waals surface area contributed by atoms with E-state index in [0.29, 0.717) is 0 Å². The van der Waals surface area contributed by atoms with Gasteiger partial charge < -0.3 is 13.4 Å². The highest BCUT2D eigenvalue weighted by molar-refractivity contribution is 6.20. The molecule has 0 radical (unpaired) electrons. The standard InChI is InChI=1S/C42H25NO2/c1-2-10-30(11-3-1)43-36-16-7-6-13-33(36)42-40(43)35-15-8-14-32(41(35)45-42)28-19-17-26(18-20-28)29-21-23-34-38(25-29)44-37-24-22-27-9-4-5-12-31(27)39(34)37/h1-25H. The van der Waals surface area contributed by atoms with Crippen molar-refractivity contribution in [3.8, 4) is 27.9 Å². The lowest BCUT2D eigenvalue weighted by Gasteiger charge is -2.08. The summed E-state index contributed by atoms with van der Waals surface area (Å²) in [7, 11) is 0.